The van der Waals surface area contributed by atoms with Crippen LogP contribution in [0.3, 0.4) is 0 Å². The first-order chi connectivity index (χ1) is 18.7. The zero-order valence-corrected chi connectivity index (χ0v) is 23.7. The molecule has 0 aromatic heterocycles. The number of rotatable bonds is 3. The lowest BCUT2D eigenvalue weighted by Crippen LogP contribution is -2.39. The van der Waals surface area contributed by atoms with Gasteiger partial charge in [-0.3, -0.25) is 14.4 Å². The van der Waals surface area contributed by atoms with Gasteiger partial charge in [-0.2, -0.15) is 0 Å². The van der Waals surface area contributed by atoms with Gasteiger partial charge >= 0.3 is 6.09 Å². The van der Waals surface area contributed by atoms with Crippen molar-refractivity contribution in [2.45, 2.75) is 77.5 Å². The van der Waals surface area contributed by atoms with Crippen molar-refractivity contribution in [3.8, 4) is 0 Å². The number of aliphatic hydroxyl groups is 3. The Bertz CT molecular complexity index is 1120. The van der Waals surface area contributed by atoms with Crippen LogP contribution in [0, 0.1) is 11.8 Å². The van der Waals surface area contributed by atoms with Crippen LogP contribution >= 0.6 is 0 Å². The highest BCUT2D eigenvalue weighted by molar-refractivity contribution is 6.48. The van der Waals surface area contributed by atoms with Crippen molar-refractivity contribution in [1.82, 2.24) is 5.32 Å². The molecule has 0 saturated heterocycles. The SMILES string of the molecule is CO[C@H]1C[C@H](C)CC2=C(O)C(=CC(=O)C2=O)NC(=O)/C(C)=C/[C@@H](O)C[C@H](OC)[C@@H](OC(N)=O)/C(C)=C/[C@H](C)[C@H]1O. The van der Waals surface area contributed by atoms with E-state index in [2.05, 4.69) is 5.32 Å². The normalized spacial score (nSPS) is 34.2. The van der Waals surface area contributed by atoms with Gasteiger partial charge < -0.3 is 40.6 Å². The second-order valence-electron chi connectivity index (χ2n) is 10.4. The van der Waals surface area contributed by atoms with E-state index < -0.39 is 65.8 Å². The number of fused-ring (bicyclic) bond motifs is 1. The smallest absolute Gasteiger partial charge is 0.405 e. The Kier molecular flexibility index (Phi) is 11.8. The molecule has 12 nitrogen and oxygen atoms in total. The zero-order valence-electron chi connectivity index (χ0n) is 23.7. The topological polar surface area (TPSA) is 195 Å². The van der Waals surface area contributed by atoms with Gasteiger partial charge in [0.05, 0.1) is 24.0 Å². The molecule has 0 aromatic rings. The van der Waals surface area contributed by atoms with Gasteiger partial charge in [0.1, 0.15) is 11.9 Å². The third kappa shape index (κ3) is 8.34. The largest absolute Gasteiger partial charge is 0.505 e. The summed E-state index contributed by atoms with van der Waals surface area (Å²) in [6.07, 6.45) is -2.02. The molecule has 1 aliphatic carbocycles. The summed E-state index contributed by atoms with van der Waals surface area (Å²) < 4.78 is 16.4. The van der Waals surface area contributed by atoms with Crippen LogP contribution < -0.4 is 11.1 Å². The molecular weight excluding hydrogens is 524 g/mol. The minimum atomic E-state index is -1.24. The number of methoxy groups -OCH3 is 2. The number of nitrogens with two attached hydrogens (primary N) is 1. The highest BCUT2D eigenvalue weighted by Crippen LogP contribution is 2.29. The summed E-state index contributed by atoms with van der Waals surface area (Å²) in [4.78, 5) is 49.5. The van der Waals surface area contributed by atoms with Gasteiger partial charge in [0.25, 0.3) is 5.91 Å². The van der Waals surface area contributed by atoms with Crippen molar-refractivity contribution in [2.75, 3.05) is 14.2 Å². The number of allylic oxidation sites excluding steroid dienone is 2. The standard InChI is InChI=1S/C28H40N2O10/c1-13-7-18-24(34)19(12-20(32)25(18)35)30-27(36)16(4)10-17(31)11-22(39-6)26(40-28(29)37)15(3)9-14(2)23(33)21(8-13)38-5/h9-10,12-14,17,21-23,26,31,33-34H,7-8,11H2,1-6H3,(H2,29,37)(H,30,36)/b15-9+,16-10+/t13-,14+,17-,21+,22+,23-,26+/m1/s1. The van der Waals surface area contributed by atoms with Crippen LogP contribution in [-0.4, -0.2) is 83.6 Å². The van der Waals surface area contributed by atoms with Crippen LogP contribution in [0.5, 0.6) is 0 Å². The second kappa shape index (κ2) is 14.4. The van der Waals surface area contributed by atoms with Crippen molar-refractivity contribution in [3.05, 3.63) is 46.4 Å². The fraction of sp³-hybridized carbons (Fsp3) is 0.571. The van der Waals surface area contributed by atoms with E-state index in [1.165, 1.54) is 27.2 Å². The number of nitrogens with one attached hydrogen (secondary N) is 1. The number of aliphatic hydroxyl groups excluding tert-OH is 3. The van der Waals surface area contributed by atoms with E-state index in [1.807, 2.05) is 0 Å². The summed E-state index contributed by atoms with van der Waals surface area (Å²) in [6.45, 7) is 6.60. The van der Waals surface area contributed by atoms with Crippen LogP contribution in [0.2, 0.25) is 0 Å². The predicted octanol–water partition coefficient (Wildman–Crippen LogP) is 1.51. The lowest BCUT2D eigenvalue weighted by Gasteiger charge is -2.30. The lowest BCUT2D eigenvalue weighted by atomic mass is 9.85. The first kappa shape index (κ1) is 32.9. The van der Waals surface area contributed by atoms with Crippen LogP contribution in [0.4, 0.5) is 4.79 Å². The lowest BCUT2D eigenvalue weighted by molar-refractivity contribution is -0.132. The zero-order chi connectivity index (χ0) is 30.3. The average Bonchev–Trinajstić information content (AvgIpc) is 2.88. The number of amides is 2. The maximum absolute atomic E-state index is 12.8. The maximum Gasteiger partial charge on any atom is 0.405 e. The van der Waals surface area contributed by atoms with E-state index in [9.17, 15) is 34.5 Å². The summed E-state index contributed by atoms with van der Waals surface area (Å²) in [5.74, 6) is -3.88. The van der Waals surface area contributed by atoms with Gasteiger partial charge in [0.15, 0.2) is 6.10 Å². The Morgan fingerprint density at radius 2 is 1.65 bits per heavy atom. The van der Waals surface area contributed by atoms with Crippen LogP contribution in [0.25, 0.3) is 0 Å². The van der Waals surface area contributed by atoms with Gasteiger partial charge in [0, 0.05) is 43.8 Å². The number of hydrogen-bond acceptors (Lipinski definition) is 10. The van der Waals surface area contributed by atoms with Gasteiger partial charge in [0.2, 0.25) is 11.6 Å². The second-order valence-corrected chi connectivity index (χ2v) is 10.4. The van der Waals surface area contributed by atoms with E-state index >= 15 is 0 Å². The van der Waals surface area contributed by atoms with Gasteiger partial charge in [-0.1, -0.05) is 19.9 Å². The Balaban J connectivity index is 2.59. The van der Waals surface area contributed by atoms with Crippen molar-refractivity contribution in [1.29, 1.82) is 0 Å². The summed E-state index contributed by atoms with van der Waals surface area (Å²) in [5.41, 5.74) is 5.46. The van der Waals surface area contributed by atoms with Gasteiger partial charge in [-0.15, -0.1) is 0 Å². The first-order valence-corrected chi connectivity index (χ1v) is 13.0. The quantitative estimate of drug-likeness (QED) is 0.190. The van der Waals surface area contributed by atoms with E-state index in [0.717, 1.165) is 6.08 Å². The van der Waals surface area contributed by atoms with Crippen molar-refractivity contribution < 1.29 is 48.7 Å². The molecule has 222 valence electrons. The fourth-order valence-corrected chi connectivity index (χ4v) is 4.94. The Morgan fingerprint density at radius 3 is 2.23 bits per heavy atom. The van der Waals surface area contributed by atoms with Crippen LogP contribution in [0.15, 0.2) is 46.4 Å². The third-order valence-corrected chi connectivity index (χ3v) is 7.10. The molecule has 6 N–H and O–H groups in total. The minimum Gasteiger partial charge on any atom is -0.505 e. The molecule has 1 aliphatic heterocycles. The molecular formula is C28H40N2O10. The summed E-state index contributed by atoms with van der Waals surface area (Å²) in [6, 6.07) is 0. The molecule has 0 radical (unpaired) electrons. The fourth-order valence-electron chi connectivity index (χ4n) is 4.94. The molecule has 0 unspecified atom stereocenters. The number of ketones is 2. The van der Waals surface area contributed by atoms with Gasteiger partial charge in [-0.05, 0) is 44.3 Å². The number of hydrogen-bond donors (Lipinski definition) is 5. The molecule has 1 heterocycles. The Hall–Kier alpha value is -3.32. The molecule has 2 aliphatic rings. The average molecular weight is 565 g/mol. The van der Waals surface area contributed by atoms with Crippen molar-refractivity contribution >= 4 is 23.6 Å². The molecule has 0 aromatic carbocycles. The number of ether oxygens (including phenoxy) is 3. The van der Waals surface area contributed by atoms with Crippen molar-refractivity contribution in [2.24, 2.45) is 17.6 Å². The summed E-state index contributed by atoms with van der Waals surface area (Å²) in [7, 11) is 2.79. The minimum absolute atomic E-state index is 0.0168. The maximum atomic E-state index is 12.8. The molecule has 0 fully saturated rings. The van der Waals surface area contributed by atoms with E-state index in [1.54, 1.807) is 26.8 Å². The molecule has 7 atom stereocenters. The van der Waals surface area contributed by atoms with E-state index in [4.69, 9.17) is 19.9 Å². The molecule has 2 amide bonds. The van der Waals surface area contributed by atoms with Crippen LogP contribution in [0.1, 0.15) is 47.0 Å². The molecule has 0 spiro atoms. The predicted molar refractivity (Wildman–Crippen MR) is 144 cm³/mol. The Labute approximate surface area is 233 Å². The highest BCUT2D eigenvalue weighted by Gasteiger charge is 2.34. The van der Waals surface area contributed by atoms with E-state index in [-0.39, 0.29) is 42.0 Å². The monoisotopic (exact) mass is 564 g/mol. The molecule has 0 saturated carbocycles. The highest BCUT2D eigenvalue weighted by atomic mass is 16.6. The number of carbonyl (C=O) groups excluding carboxylic acids is 4. The molecule has 12 heteroatoms. The third-order valence-electron chi connectivity index (χ3n) is 7.10. The number of primary amides is 1. The molecule has 40 heavy (non-hydrogen) atoms. The summed E-state index contributed by atoms with van der Waals surface area (Å²) in [5, 5.41) is 35.0. The number of carbonyl (C=O) groups is 4. The Morgan fingerprint density at radius 1 is 1.02 bits per heavy atom. The molecule has 2 rings (SSSR count). The van der Waals surface area contributed by atoms with Crippen molar-refractivity contribution in [3.63, 3.8) is 0 Å². The first-order valence-electron chi connectivity index (χ1n) is 13.0. The van der Waals surface area contributed by atoms with E-state index in [0.29, 0.717) is 5.57 Å². The summed E-state index contributed by atoms with van der Waals surface area (Å²) >= 11 is 0. The van der Waals surface area contributed by atoms with Gasteiger partial charge in [-0.25, -0.2) is 4.79 Å². The number of Topliss-reactive ketones (excluding diaryl/α,β-unsaturated/α-hetero) is 1. The van der Waals surface area contributed by atoms with Crippen LogP contribution in [-0.2, 0) is 28.6 Å². The molecule has 2 bridgehead atoms.